The van der Waals surface area contributed by atoms with Gasteiger partial charge in [0.2, 0.25) is 0 Å². The normalized spacial score (nSPS) is 13.3. The molecule has 110 valence electrons. The molecule has 0 radical (unpaired) electrons. The lowest BCUT2D eigenvalue weighted by molar-refractivity contribution is -0.134. The highest BCUT2D eigenvalue weighted by atomic mass is 35.5. The van der Waals surface area contributed by atoms with Gasteiger partial charge in [-0.25, -0.2) is 0 Å². The highest BCUT2D eigenvalue weighted by molar-refractivity contribution is 6.25. The molecule has 0 atom stereocenters. The van der Waals surface area contributed by atoms with Crippen molar-refractivity contribution >= 4 is 34.9 Å². The van der Waals surface area contributed by atoms with Gasteiger partial charge >= 0.3 is 11.9 Å². The predicted molar refractivity (Wildman–Crippen MR) is 76.5 cm³/mol. The SMILES string of the molecule is CC(=O)Oc1ccc2c(c1OC(C)=O)CC(=O)C=C2CCl. The van der Waals surface area contributed by atoms with Crippen molar-refractivity contribution in [3.8, 4) is 11.5 Å². The Hall–Kier alpha value is -2.14. The van der Waals surface area contributed by atoms with Crippen LogP contribution in [0, 0.1) is 0 Å². The van der Waals surface area contributed by atoms with Crippen LogP contribution in [-0.4, -0.2) is 23.6 Å². The Balaban J connectivity index is 2.61. The van der Waals surface area contributed by atoms with E-state index in [1.54, 1.807) is 6.07 Å². The van der Waals surface area contributed by atoms with Crippen LogP contribution < -0.4 is 9.47 Å². The Bertz CT molecular complexity index is 660. The second-order valence-corrected chi connectivity index (χ2v) is 4.82. The lowest BCUT2D eigenvalue weighted by atomic mass is 9.90. The molecule has 1 aromatic rings. The van der Waals surface area contributed by atoms with Crippen LogP contribution in [-0.2, 0) is 20.8 Å². The minimum atomic E-state index is -0.564. The molecule has 5 nitrogen and oxygen atoms in total. The van der Waals surface area contributed by atoms with E-state index in [1.807, 2.05) is 0 Å². The third-order valence-corrected chi connectivity index (χ3v) is 3.19. The Morgan fingerprint density at radius 1 is 1.19 bits per heavy atom. The summed E-state index contributed by atoms with van der Waals surface area (Å²) >= 11 is 5.84. The maximum absolute atomic E-state index is 11.8. The number of ether oxygens (including phenoxy) is 2. The second kappa shape index (κ2) is 6.10. The van der Waals surface area contributed by atoms with E-state index in [1.165, 1.54) is 26.0 Å². The topological polar surface area (TPSA) is 69.7 Å². The third kappa shape index (κ3) is 3.31. The van der Waals surface area contributed by atoms with Crippen LogP contribution in [0.1, 0.15) is 25.0 Å². The third-order valence-electron chi connectivity index (χ3n) is 2.90. The number of rotatable bonds is 3. The van der Waals surface area contributed by atoms with E-state index in [9.17, 15) is 14.4 Å². The summed E-state index contributed by atoms with van der Waals surface area (Å²) in [5, 5.41) is 0. The molecule has 1 aliphatic rings. The quantitative estimate of drug-likeness (QED) is 0.487. The molecular formula is C15H13ClO5. The van der Waals surface area contributed by atoms with Crippen LogP contribution in [0.25, 0.3) is 5.57 Å². The molecule has 1 aromatic carbocycles. The monoisotopic (exact) mass is 308 g/mol. The van der Waals surface area contributed by atoms with Gasteiger partial charge in [-0.3, -0.25) is 14.4 Å². The summed E-state index contributed by atoms with van der Waals surface area (Å²) < 4.78 is 10.2. The second-order valence-electron chi connectivity index (χ2n) is 4.55. The summed E-state index contributed by atoms with van der Waals surface area (Å²) in [7, 11) is 0. The van der Waals surface area contributed by atoms with E-state index in [0.29, 0.717) is 11.1 Å². The van der Waals surface area contributed by atoms with Crippen molar-refractivity contribution in [3.05, 3.63) is 29.3 Å². The highest BCUT2D eigenvalue weighted by Crippen LogP contribution is 2.39. The van der Waals surface area contributed by atoms with Crippen molar-refractivity contribution in [1.29, 1.82) is 0 Å². The number of ketones is 1. The predicted octanol–water partition coefficient (Wildman–Crippen LogP) is 2.28. The highest BCUT2D eigenvalue weighted by Gasteiger charge is 2.25. The van der Waals surface area contributed by atoms with E-state index >= 15 is 0 Å². The lowest BCUT2D eigenvalue weighted by Gasteiger charge is -2.20. The summed E-state index contributed by atoms with van der Waals surface area (Å²) in [6, 6.07) is 3.22. The first-order valence-corrected chi connectivity index (χ1v) is 6.78. The summed E-state index contributed by atoms with van der Waals surface area (Å²) in [6.07, 6.45) is 1.53. The van der Waals surface area contributed by atoms with Gasteiger partial charge in [-0.1, -0.05) is 6.07 Å². The molecule has 1 aliphatic carbocycles. The molecule has 0 aromatic heterocycles. The Kier molecular flexibility index (Phi) is 4.43. The van der Waals surface area contributed by atoms with Crippen LogP contribution in [0.2, 0.25) is 0 Å². The van der Waals surface area contributed by atoms with E-state index in [0.717, 1.165) is 5.56 Å². The summed E-state index contributed by atoms with van der Waals surface area (Å²) in [5.74, 6) is -0.888. The number of allylic oxidation sites excluding steroid dienone is 2. The zero-order valence-corrected chi connectivity index (χ0v) is 12.3. The average molecular weight is 309 g/mol. The molecule has 0 amide bonds. The van der Waals surface area contributed by atoms with Gasteiger partial charge in [0.05, 0.1) is 0 Å². The molecule has 2 rings (SSSR count). The Morgan fingerprint density at radius 3 is 2.43 bits per heavy atom. The first-order valence-electron chi connectivity index (χ1n) is 6.24. The number of carbonyl (C=O) groups is 3. The maximum atomic E-state index is 11.8. The van der Waals surface area contributed by atoms with Gasteiger partial charge in [-0.15, -0.1) is 11.6 Å². The van der Waals surface area contributed by atoms with Crippen molar-refractivity contribution in [2.24, 2.45) is 0 Å². The summed E-state index contributed by atoms with van der Waals surface area (Å²) in [6.45, 7) is 2.48. The fraction of sp³-hybridized carbons (Fsp3) is 0.267. The minimum absolute atomic E-state index is 0.0629. The van der Waals surface area contributed by atoms with Gasteiger partial charge in [-0.2, -0.15) is 0 Å². The molecule has 0 saturated heterocycles. The Morgan fingerprint density at radius 2 is 1.86 bits per heavy atom. The van der Waals surface area contributed by atoms with Crippen molar-refractivity contribution in [3.63, 3.8) is 0 Å². The summed E-state index contributed by atoms with van der Waals surface area (Å²) in [5.41, 5.74) is 1.87. The zero-order chi connectivity index (χ0) is 15.6. The van der Waals surface area contributed by atoms with Crippen LogP contribution in [0.15, 0.2) is 18.2 Å². The number of halogens is 1. The first kappa shape index (κ1) is 15.3. The van der Waals surface area contributed by atoms with Gasteiger partial charge in [-0.05, 0) is 23.3 Å². The molecule has 0 fully saturated rings. The Labute approximate surface area is 126 Å². The van der Waals surface area contributed by atoms with Crippen molar-refractivity contribution in [2.75, 3.05) is 5.88 Å². The van der Waals surface area contributed by atoms with Crippen LogP contribution >= 0.6 is 11.6 Å². The molecule has 0 heterocycles. The minimum Gasteiger partial charge on any atom is -0.423 e. The number of carbonyl (C=O) groups excluding carboxylic acids is 3. The fourth-order valence-electron chi connectivity index (χ4n) is 2.18. The molecule has 0 aliphatic heterocycles. The number of alkyl halides is 1. The van der Waals surface area contributed by atoms with Crippen molar-refractivity contribution in [2.45, 2.75) is 20.3 Å². The number of esters is 2. The van der Waals surface area contributed by atoms with Gasteiger partial charge in [0, 0.05) is 31.7 Å². The standard InChI is InChI=1S/C15H13ClO5/c1-8(17)20-14-4-3-12-10(7-16)5-11(19)6-13(12)15(14)21-9(2)18/h3-5H,6-7H2,1-2H3. The lowest BCUT2D eigenvalue weighted by Crippen LogP contribution is -2.15. The zero-order valence-electron chi connectivity index (χ0n) is 11.6. The molecule has 0 spiro atoms. The van der Waals surface area contributed by atoms with E-state index < -0.39 is 11.9 Å². The number of benzene rings is 1. The summed E-state index contributed by atoms with van der Waals surface area (Å²) in [4.78, 5) is 34.2. The first-order chi connectivity index (χ1) is 9.92. The van der Waals surface area contributed by atoms with Gasteiger partial charge in [0.1, 0.15) is 0 Å². The fourth-order valence-corrected chi connectivity index (χ4v) is 2.40. The van der Waals surface area contributed by atoms with Gasteiger partial charge in [0.15, 0.2) is 17.3 Å². The largest absolute Gasteiger partial charge is 0.423 e. The number of fused-ring (bicyclic) bond motifs is 1. The molecule has 0 N–H and O–H groups in total. The van der Waals surface area contributed by atoms with Crippen LogP contribution in [0.5, 0.6) is 11.5 Å². The van der Waals surface area contributed by atoms with E-state index in [-0.39, 0.29) is 29.6 Å². The molecule has 21 heavy (non-hydrogen) atoms. The van der Waals surface area contributed by atoms with Crippen molar-refractivity contribution in [1.82, 2.24) is 0 Å². The van der Waals surface area contributed by atoms with Crippen LogP contribution in [0.4, 0.5) is 0 Å². The van der Waals surface area contributed by atoms with E-state index in [4.69, 9.17) is 21.1 Å². The van der Waals surface area contributed by atoms with Crippen LogP contribution in [0.3, 0.4) is 0 Å². The van der Waals surface area contributed by atoms with Gasteiger partial charge in [0.25, 0.3) is 0 Å². The van der Waals surface area contributed by atoms with Gasteiger partial charge < -0.3 is 9.47 Å². The molecule has 6 heteroatoms. The molecule has 0 unspecified atom stereocenters. The smallest absolute Gasteiger partial charge is 0.308 e. The van der Waals surface area contributed by atoms with Crippen molar-refractivity contribution < 1.29 is 23.9 Å². The maximum Gasteiger partial charge on any atom is 0.308 e. The van der Waals surface area contributed by atoms with E-state index in [2.05, 4.69) is 0 Å². The number of hydrogen-bond donors (Lipinski definition) is 0. The molecular weight excluding hydrogens is 296 g/mol. The number of hydrogen-bond acceptors (Lipinski definition) is 5. The average Bonchev–Trinajstić information content (AvgIpc) is 2.39. The molecule has 0 bridgehead atoms. The molecule has 0 saturated carbocycles.